The van der Waals surface area contributed by atoms with Gasteiger partial charge in [0, 0.05) is 0 Å². The van der Waals surface area contributed by atoms with Gasteiger partial charge in [-0.3, -0.25) is 0 Å². The maximum Gasteiger partial charge on any atom is 0.444 e. The molecule has 1 saturated heterocycles. The van der Waals surface area contributed by atoms with E-state index in [1.807, 2.05) is 5.59 Å². The third kappa shape index (κ3) is 2.35. The van der Waals surface area contributed by atoms with E-state index in [0.29, 0.717) is 5.17 Å². The predicted molar refractivity (Wildman–Crippen MR) is 49.2 cm³/mol. The zero-order valence-electron chi connectivity index (χ0n) is 8.52. The number of carbonyl (C=O) groups is 2. The zero-order chi connectivity index (χ0) is 13.3. The molecule has 1 aliphatic rings. The number of hydrogen-bond acceptors (Lipinski definition) is 6. The standard InChI is InChI=1S/C9H5F3N2O4/c10-9(11,12)5-1-3-6(4-2-5)14-13-17-7(15)8(16)18-14/h1-4,13H. The molecule has 18 heavy (non-hydrogen) atoms. The number of nitrogens with zero attached hydrogens (tertiary/aromatic N) is 1. The van der Waals surface area contributed by atoms with Gasteiger partial charge >= 0.3 is 18.1 Å². The molecule has 9 heteroatoms. The average Bonchev–Trinajstić information content (AvgIpc) is 2.32. The second kappa shape index (κ2) is 4.18. The molecule has 0 radical (unpaired) electrons. The number of nitrogens with one attached hydrogen (secondary N) is 1. The maximum absolute atomic E-state index is 12.3. The predicted octanol–water partition coefficient (Wildman–Crippen LogP) is 0.946. The Labute approximate surface area is 97.8 Å². The summed E-state index contributed by atoms with van der Waals surface area (Å²) in [6.07, 6.45) is -4.46. The van der Waals surface area contributed by atoms with Crippen molar-refractivity contribution in [1.29, 1.82) is 0 Å². The van der Waals surface area contributed by atoms with Gasteiger partial charge < -0.3 is 9.68 Å². The van der Waals surface area contributed by atoms with Gasteiger partial charge in [-0.2, -0.15) is 13.2 Å². The van der Waals surface area contributed by atoms with Gasteiger partial charge in [0.1, 0.15) is 0 Å². The second-order valence-electron chi connectivity index (χ2n) is 3.20. The second-order valence-corrected chi connectivity index (χ2v) is 3.20. The zero-order valence-corrected chi connectivity index (χ0v) is 8.52. The van der Waals surface area contributed by atoms with Crippen LogP contribution in [0, 0.1) is 0 Å². The lowest BCUT2D eigenvalue weighted by atomic mass is 10.2. The molecule has 0 amide bonds. The smallest absolute Gasteiger partial charge is 0.338 e. The molecule has 1 aliphatic heterocycles. The van der Waals surface area contributed by atoms with Crippen LogP contribution in [0.5, 0.6) is 0 Å². The van der Waals surface area contributed by atoms with Gasteiger partial charge in [-0.1, -0.05) is 0 Å². The normalized spacial score (nSPS) is 16.3. The van der Waals surface area contributed by atoms with Crippen molar-refractivity contribution >= 4 is 17.6 Å². The van der Waals surface area contributed by atoms with E-state index in [1.165, 1.54) is 0 Å². The fourth-order valence-electron chi connectivity index (χ4n) is 1.15. The Bertz CT molecular complexity index is 486. The van der Waals surface area contributed by atoms with Crippen molar-refractivity contribution in [2.24, 2.45) is 0 Å². The van der Waals surface area contributed by atoms with Crippen LogP contribution in [0.15, 0.2) is 24.3 Å². The highest BCUT2D eigenvalue weighted by molar-refractivity contribution is 6.30. The number of halogens is 3. The van der Waals surface area contributed by atoms with E-state index in [4.69, 9.17) is 0 Å². The summed E-state index contributed by atoms with van der Waals surface area (Å²) in [7, 11) is 0. The Kier molecular flexibility index (Phi) is 2.83. The minimum atomic E-state index is -4.46. The summed E-state index contributed by atoms with van der Waals surface area (Å²) in [5.74, 6) is -2.54. The minimum absolute atomic E-state index is 0.0591. The van der Waals surface area contributed by atoms with Crippen LogP contribution in [0.1, 0.15) is 5.56 Å². The van der Waals surface area contributed by atoms with E-state index < -0.39 is 23.7 Å². The van der Waals surface area contributed by atoms with Crippen molar-refractivity contribution in [3.05, 3.63) is 29.8 Å². The lowest BCUT2D eigenvalue weighted by Crippen LogP contribution is -2.49. The maximum atomic E-state index is 12.3. The summed E-state index contributed by atoms with van der Waals surface area (Å²) < 4.78 is 36.9. The van der Waals surface area contributed by atoms with Gasteiger partial charge in [0.05, 0.1) is 11.3 Å². The lowest BCUT2D eigenvalue weighted by molar-refractivity contribution is -0.192. The molecule has 0 atom stereocenters. The molecule has 1 fully saturated rings. The van der Waals surface area contributed by atoms with Gasteiger partial charge in [0.2, 0.25) is 0 Å². The van der Waals surface area contributed by atoms with Crippen LogP contribution in [0.2, 0.25) is 0 Å². The van der Waals surface area contributed by atoms with Gasteiger partial charge in [-0.15, -0.1) is 5.17 Å². The third-order valence-electron chi connectivity index (χ3n) is 1.99. The van der Waals surface area contributed by atoms with E-state index in [2.05, 4.69) is 9.68 Å². The highest BCUT2D eigenvalue weighted by atomic mass is 19.4. The summed E-state index contributed by atoms with van der Waals surface area (Å²) >= 11 is 0. The summed E-state index contributed by atoms with van der Waals surface area (Å²) in [6.45, 7) is 0. The summed E-state index contributed by atoms with van der Waals surface area (Å²) in [4.78, 5) is 30.1. The van der Waals surface area contributed by atoms with Crippen molar-refractivity contribution in [2.45, 2.75) is 6.18 Å². The number of rotatable bonds is 1. The number of alkyl halides is 3. The van der Waals surface area contributed by atoms with Crippen LogP contribution < -0.4 is 10.8 Å². The largest absolute Gasteiger partial charge is 0.444 e. The first-order chi connectivity index (χ1) is 8.38. The molecule has 0 aromatic heterocycles. The number of hydrazine groups is 1. The molecule has 0 saturated carbocycles. The molecule has 1 aromatic rings. The molecule has 0 bridgehead atoms. The van der Waals surface area contributed by atoms with Gasteiger partial charge in [0.15, 0.2) is 0 Å². The van der Waals surface area contributed by atoms with E-state index in [9.17, 15) is 22.8 Å². The Hall–Kier alpha value is -2.29. The Morgan fingerprint density at radius 2 is 1.67 bits per heavy atom. The van der Waals surface area contributed by atoms with Crippen molar-refractivity contribution in [3.8, 4) is 0 Å². The van der Waals surface area contributed by atoms with Crippen LogP contribution in [0.4, 0.5) is 18.9 Å². The Morgan fingerprint density at radius 1 is 1.06 bits per heavy atom. The van der Waals surface area contributed by atoms with Gasteiger partial charge in [0.25, 0.3) is 0 Å². The SMILES string of the molecule is O=C1ONN(c2ccc(C(F)(F)F)cc2)OC1=O. The van der Waals surface area contributed by atoms with Crippen molar-refractivity contribution in [3.63, 3.8) is 0 Å². The molecule has 6 nitrogen and oxygen atoms in total. The van der Waals surface area contributed by atoms with E-state index in [1.54, 1.807) is 0 Å². The molecule has 2 rings (SSSR count). The summed E-state index contributed by atoms with van der Waals surface area (Å²) in [5, 5.41) is 0.629. The van der Waals surface area contributed by atoms with E-state index in [-0.39, 0.29) is 5.69 Å². The number of hydrogen-bond donors (Lipinski definition) is 1. The first-order valence-corrected chi connectivity index (χ1v) is 4.54. The molecule has 0 spiro atoms. The summed E-state index contributed by atoms with van der Waals surface area (Å²) in [6, 6.07) is 3.67. The van der Waals surface area contributed by atoms with Gasteiger partial charge in [-0.05, 0) is 29.9 Å². The Balaban J connectivity index is 2.15. The van der Waals surface area contributed by atoms with E-state index >= 15 is 0 Å². The number of benzene rings is 1. The fraction of sp³-hybridized carbons (Fsp3) is 0.111. The number of carbonyl (C=O) groups excluding carboxylic acids is 2. The molecule has 1 heterocycles. The highest BCUT2D eigenvalue weighted by Gasteiger charge is 2.32. The highest BCUT2D eigenvalue weighted by Crippen LogP contribution is 2.30. The minimum Gasteiger partial charge on any atom is -0.338 e. The van der Waals surface area contributed by atoms with E-state index in [0.717, 1.165) is 24.3 Å². The molecule has 0 unspecified atom stereocenters. The fourth-order valence-corrected chi connectivity index (χ4v) is 1.15. The van der Waals surface area contributed by atoms with Gasteiger partial charge in [-0.25, -0.2) is 9.59 Å². The monoisotopic (exact) mass is 262 g/mol. The lowest BCUT2D eigenvalue weighted by Gasteiger charge is -2.25. The first kappa shape index (κ1) is 12.2. The first-order valence-electron chi connectivity index (χ1n) is 4.54. The molecular weight excluding hydrogens is 257 g/mol. The Morgan fingerprint density at radius 3 is 2.17 bits per heavy atom. The van der Waals surface area contributed by atoms with Crippen LogP contribution >= 0.6 is 0 Å². The summed E-state index contributed by atoms with van der Waals surface area (Å²) in [5.41, 5.74) is 1.14. The average molecular weight is 262 g/mol. The molecule has 1 aromatic carbocycles. The quantitative estimate of drug-likeness (QED) is 0.760. The topological polar surface area (TPSA) is 67.9 Å². The van der Waals surface area contributed by atoms with Crippen molar-refractivity contribution in [2.75, 3.05) is 5.17 Å². The number of anilines is 1. The molecule has 0 aliphatic carbocycles. The van der Waals surface area contributed by atoms with Crippen molar-refractivity contribution in [1.82, 2.24) is 5.59 Å². The molecule has 96 valence electrons. The van der Waals surface area contributed by atoms with Crippen LogP contribution in [0.3, 0.4) is 0 Å². The molecular formula is C9H5F3N2O4. The van der Waals surface area contributed by atoms with Crippen LogP contribution in [0.25, 0.3) is 0 Å². The van der Waals surface area contributed by atoms with Crippen LogP contribution in [-0.2, 0) is 25.4 Å². The van der Waals surface area contributed by atoms with Crippen LogP contribution in [-0.4, -0.2) is 11.9 Å². The molecule has 1 N–H and O–H groups in total. The van der Waals surface area contributed by atoms with Crippen molar-refractivity contribution < 1.29 is 32.4 Å². The third-order valence-corrected chi connectivity index (χ3v) is 1.99.